The number of nitrogens with zero attached hydrogens (tertiary/aromatic N) is 1. The molecule has 0 atom stereocenters. The van der Waals surface area contributed by atoms with Gasteiger partial charge >= 0.3 is 5.97 Å². The van der Waals surface area contributed by atoms with Crippen molar-refractivity contribution in [3.8, 4) is 11.6 Å². The zero-order valence-electron chi connectivity index (χ0n) is 9.74. The molecule has 1 heterocycles. The number of ether oxygens (including phenoxy) is 1. The summed E-state index contributed by atoms with van der Waals surface area (Å²) in [5.74, 6) is -0.999. The zero-order chi connectivity index (χ0) is 13.8. The zero-order valence-corrected chi connectivity index (χ0v) is 9.74. The number of benzene rings is 1. The number of amides is 1. The molecule has 0 spiro atoms. The third-order valence-electron chi connectivity index (χ3n) is 2.34. The van der Waals surface area contributed by atoms with E-state index in [1.54, 1.807) is 12.1 Å². The van der Waals surface area contributed by atoms with E-state index in [0.717, 1.165) is 0 Å². The maximum absolute atomic E-state index is 10.9. The fourth-order valence-electron chi connectivity index (χ4n) is 1.41. The Bertz CT molecular complexity index is 623. The van der Waals surface area contributed by atoms with E-state index in [4.69, 9.17) is 15.6 Å². The second-order valence-electron chi connectivity index (χ2n) is 3.68. The Hall–Kier alpha value is -2.89. The van der Waals surface area contributed by atoms with Gasteiger partial charge in [-0.15, -0.1) is 0 Å². The summed E-state index contributed by atoms with van der Waals surface area (Å²) >= 11 is 0. The molecule has 0 radical (unpaired) electrons. The molecule has 6 heteroatoms. The number of rotatable bonds is 4. The van der Waals surface area contributed by atoms with Crippen LogP contribution in [0.3, 0.4) is 0 Å². The standard InChI is InChI=1S/C13H10N2O4/c14-12(16)8-1-3-10(4-2-8)19-11-7-9(13(17)18)5-6-15-11/h1-7H,(H2,14,16)(H,17,18). The molecule has 0 fully saturated rings. The lowest BCUT2D eigenvalue weighted by Crippen LogP contribution is -2.10. The van der Waals surface area contributed by atoms with E-state index in [1.807, 2.05) is 0 Å². The van der Waals surface area contributed by atoms with E-state index in [-0.39, 0.29) is 11.4 Å². The summed E-state index contributed by atoms with van der Waals surface area (Å²) in [5.41, 5.74) is 5.56. The first-order valence-electron chi connectivity index (χ1n) is 5.33. The molecule has 0 aliphatic heterocycles. The predicted molar refractivity (Wildman–Crippen MR) is 66.2 cm³/mol. The van der Waals surface area contributed by atoms with Crippen LogP contribution in [0.1, 0.15) is 20.7 Å². The molecule has 19 heavy (non-hydrogen) atoms. The summed E-state index contributed by atoms with van der Waals surface area (Å²) in [6, 6.07) is 8.80. The Labute approximate surface area is 108 Å². The molecule has 3 N–H and O–H groups in total. The summed E-state index contributed by atoms with van der Waals surface area (Å²) in [5, 5.41) is 8.84. The topological polar surface area (TPSA) is 103 Å². The molecule has 96 valence electrons. The van der Waals surface area contributed by atoms with Gasteiger partial charge in [0, 0.05) is 17.8 Å². The number of nitrogens with two attached hydrogens (primary N) is 1. The average molecular weight is 258 g/mol. The Balaban J connectivity index is 2.19. The molecule has 0 saturated carbocycles. The van der Waals surface area contributed by atoms with Crippen molar-refractivity contribution in [3.63, 3.8) is 0 Å². The molecule has 0 saturated heterocycles. The van der Waals surface area contributed by atoms with Gasteiger partial charge in [0.25, 0.3) is 0 Å². The van der Waals surface area contributed by atoms with Crippen molar-refractivity contribution in [1.82, 2.24) is 4.98 Å². The second-order valence-corrected chi connectivity index (χ2v) is 3.68. The van der Waals surface area contributed by atoms with Crippen molar-refractivity contribution >= 4 is 11.9 Å². The highest BCUT2D eigenvalue weighted by atomic mass is 16.5. The van der Waals surface area contributed by atoms with Crippen LogP contribution in [0.2, 0.25) is 0 Å². The molecule has 1 aromatic heterocycles. The summed E-state index contributed by atoms with van der Waals surface area (Å²) in [6.45, 7) is 0. The van der Waals surface area contributed by atoms with Crippen molar-refractivity contribution < 1.29 is 19.4 Å². The van der Waals surface area contributed by atoms with E-state index >= 15 is 0 Å². The minimum Gasteiger partial charge on any atom is -0.478 e. The number of aromatic nitrogens is 1. The number of hydrogen-bond acceptors (Lipinski definition) is 4. The van der Waals surface area contributed by atoms with E-state index in [2.05, 4.69) is 4.98 Å². The second kappa shape index (κ2) is 5.18. The van der Waals surface area contributed by atoms with Crippen LogP contribution >= 0.6 is 0 Å². The van der Waals surface area contributed by atoms with Gasteiger partial charge in [-0.1, -0.05) is 0 Å². The SMILES string of the molecule is NC(=O)c1ccc(Oc2cc(C(=O)O)ccn2)cc1. The Morgan fingerprint density at radius 3 is 2.37 bits per heavy atom. The largest absolute Gasteiger partial charge is 0.478 e. The number of pyridine rings is 1. The summed E-state index contributed by atoms with van der Waals surface area (Å²) < 4.78 is 5.38. The highest BCUT2D eigenvalue weighted by Crippen LogP contribution is 2.20. The molecule has 0 unspecified atom stereocenters. The Morgan fingerprint density at radius 1 is 1.11 bits per heavy atom. The van der Waals surface area contributed by atoms with E-state index < -0.39 is 11.9 Å². The number of primary amides is 1. The molecule has 1 aromatic carbocycles. The minimum absolute atomic E-state index is 0.0822. The highest BCUT2D eigenvalue weighted by molar-refractivity contribution is 5.92. The van der Waals surface area contributed by atoms with E-state index in [0.29, 0.717) is 11.3 Å². The quantitative estimate of drug-likeness (QED) is 0.868. The number of carboxylic acid groups (broad SMARTS) is 1. The molecular weight excluding hydrogens is 248 g/mol. The lowest BCUT2D eigenvalue weighted by molar-refractivity contribution is 0.0696. The number of carboxylic acids is 1. The van der Waals surface area contributed by atoms with Crippen LogP contribution < -0.4 is 10.5 Å². The fraction of sp³-hybridized carbons (Fsp3) is 0. The monoisotopic (exact) mass is 258 g/mol. The van der Waals surface area contributed by atoms with Crippen molar-refractivity contribution in [2.75, 3.05) is 0 Å². The van der Waals surface area contributed by atoms with Crippen molar-refractivity contribution in [2.45, 2.75) is 0 Å². The van der Waals surface area contributed by atoms with Gasteiger partial charge < -0.3 is 15.6 Å². The van der Waals surface area contributed by atoms with Crippen LogP contribution in [0.4, 0.5) is 0 Å². The van der Waals surface area contributed by atoms with Crippen LogP contribution in [-0.4, -0.2) is 22.0 Å². The van der Waals surface area contributed by atoms with Gasteiger partial charge in [0.1, 0.15) is 5.75 Å². The van der Waals surface area contributed by atoms with E-state index in [1.165, 1.54) is 30.5 Å². The summed E-state index contributed by atoms with van der Waals surface area (Å²) in [7, 11) is 0. The van der Waals surface area contributed by atoms with Gasteiger partial charge in [0.15, 0.2) is 0 Å². The fourth-order valence-corrected chi connectivity index (χ4v) is 1.41. The number of carbonyl (C=O) groups excluding carboxylic acids is 1. The van der Waals surface area contributed by atoms with Crippen molar-refractivity contribution in [1.29, 1.82) is 0 Å². The molecule has 2 rings (SSSR count). The first-order valence-corrected chi connectivity index (χ1v) is 5.33. The Kier molecular flexibility index (Phi) is 3.42. The van der Waals surface area contributed by atoms with Gasteiger partial charge in [-0.2, -0.15) is 0 Å². The van der Waals surface area contributed by atoms with Crippen LogP contribution in [0.25, 0.3) is 0 Å². The molecular formula is C13H10N2O4. The molecule has 1 amide bonds. The molecule has 6 nitrogen and oxygen atoms in total. The first kappa shape index (κ1) is 12.6. The maximum Gasteiger partial charge on any atom is 0.335 e. The van der Waals surface area contributed by atoms with Gasteiger partial charge in [0.05, 0.1) is 5.56 Å². The van der Waals surface area contributed by atoms with Crippen LogP contribution in [-0.2, 0) is 0 Å². The smallest absolute Gasteiger partial charge is 0.335 e. The third-order valence-corrected chi connectivity index (χ3v) is 2.34. The van der Waals surface area contributed by atoms with Gasteiger partial charge in [-0.25, -0.2) is 9.78 Å². The Morgan fingerprint density at radius 2 is 1.79 bits per heavy atom. The first-order chi connectivity index (χ1) is 9.06. The third kappa shape index (κ3) is 3.06. The lowest BCUT2D eigenvalue weighted by atomic mass is 10.2. The molecule has 0 aliphatic rings. The van der Waals surface area contributed by atoms with Gasteiger partial charge in [-0.05, 0) is 30.3 Å². The van der Waals surface area contributed by atoms with Crippen LogP contribution in [0.5, 0.6) is 11.6 Å². The normalized spacial score (nSPS) is 9.89. The van der Waals surface area contributed by atoms with Crippen LogP contribution in [0, 0.1) is 0 Å². The van der Waals surface area contributed by atoms with E-state index in [9.17, 15) is 9.59 Å². The molecule has 0 aliphatic carbocycles. The van der Waals surface area contributed by atoms with Gasteiger partial charge in [0.2, 0.25) is 11.8 Å². The summed E-state index contributed by atoms with van der Waals surface area (Å²) in [4.78, 5) is 25.6. The van der Waals surface area contributed by atoms with Crippen molar-refractivity contribution in [3.05, 3.63) is 53.7 Å². The number of aromatic carboxylic acids is 1. The number of carbonyl (C=O) groups is 2. The average Bonchev–Trinajstić information content (AvgIpc) is 2.39. The lowest BCUT2D eigenvalue weighted by Gasteiger charge is -2.05. The van der Waals surface area contributed by atoms with Crippen molar-refractivity contribution in [2.24, 2.45) is 5.73 Å². The molecule has 2 aromatic rings. The summed E-state index contributed by atoms with van der Waals surface area (Å²) in [6.07, 6.45) is 1.34. The highest BCUT2D eigenvalue weighted by Gasteiger charge is 2.06. The van der Waals surface area contributed by atoms with Gasteiger partial charge in [-0.3, -0.25) is 4.79 Å². The predicted octanol–water partition coefficient (Wildman–Crippen LogP) is 1.67. The number of hydrogen-bond donors (Lipinski definition) is 2. The molecule has 0 bridgehead atoms. The maximum atomic E-state index is 10.9. The minimum atomic E-state index is -1.06. The van der Waals surface area contributed by atoms with Crippen LogP contribution in [0.15, 0.2) is 42.6 Å².